The summed E-state index contributed by atoms with van der Waals surface area (Å²) in [5.41, 5.74) is 0. The Morgan fingerprint density at radius 2 is 0.586 bits per heavy atom. The highest BCUT2D eigenvalue weighted by molar-refractivity contribution is 6.93. The molecule has 0 spiro atoms. The molecule has 0 saturated heterocycles. The third-order valence-electron chi connectivity index (χ3n) is 6.19. The zero-order chi connectivity index (χ0) is 23.0. The highest BCUT2D eigenvalue weighted by Gasteiger charge is 2.51. The van der Waals surface area contributed by atoms with Crippen LogP contribution in [0.3, 0.4) is 0 Å². The Bertz CT molecular complexity index is 335. The molecule has 0 aliphatic carbocycles. The first-order valence-electron chi connectivity index (χ1n) is 13.0. The molecule has 0 N–H and O–H groups in total. The average Bonchev–Trinajstić information content (AvgIpc) is 2.41. The van der Waals surface area contributed by atoms with Crippen LogP contribution in [0.5, 0.6) is 0 Å². The Balaban J connectivity index is 6.72. The van der Waals surface area contributed by atoms with Crippen molar-refractivity contribution in [3.8, 4) is 0 Å². The van der Waals surface area contributed by atoms with Crippen LogP contribution in [0.15, 0.2) is 0 Å². The fourth-order valence-corrected chi connectivity index (χ4v) is 25.3. The van der Waals surface area contributed by atoms with Crippen LogP contribution in [0, 0.1) is 35.5 Å². The Labute approximate surface area is 189 Å². The molecule has 0 radical (unpaired) electrons. The van der Waals surface area contributed by atoms with Crippen molar-refractivity contribution in [1.29, 1.82) is 0 Å². The summed E-state index contributed by atoms with van der Waals surface area (Å²) in [6, 6.07) is 9.00. The molecule has 176 valence electrons. The first-order valence-corrected chi connectivity index (χ1v) is 18.1. The van der Waals surface area contributed by atoms with Crippen molar-refractivity contribution >= 4 is 16.5 Å². The Kier molecular flexibility index (Phi) is 13.2. The van der Waals surface area contributed by atoms with Gasteiger partial charge in [-0.25, -0.2) is 0 Å². The van der Waals surface area contributed by atoms with Gasteiger partial charge in [-0.1, -0.05) is 90.0 Å². The number of rotatable bonds is 15. The van der Waals surface area contributed by atoms with Gasteiger partial charge in [0.15, 0.2) is 0 Å². The molecule has 0 aromatic rings. The molecule has 0 bridgehead atoms. The van der Waals surface area contributed by atoms with E-state index < -0.39 is 16.5 Å². The van der Waals surface area contributed by atoms with Crippen LogP contribution >= 0.6 is 0 Å². The fraction of sp³-hybridized carbons (Fsp3) is 1.00. The molecule has 0 saturated carbocycles. The summed E-state index contributed by atoms with van der Waals surface area (Å²) < 4.78 is 3.36. The van der Waals surface area contributed by atoms with Gasteiger partial charge in [-0.3, -0.25) is 0 Å². The lowest BCUT2D eigenvalue weighted by Crippen LogP contribution is -2.68. The normalized spacial score (nSPS) is 14.1. The van der Waals surface area contributed by atoms with Crippen molar-refractivity contribution in [3.05, 3.63) is 0 Å². The van der Waals surface area contributed by atoms with Crippen molar-refractivity contribution in [1.82, 2.24) is 4.23 Å². The molecule has 0 unspecified atom stereocenters. The van der Waals surface area contributed by atoms with E-state index in [1.165, 1.54) is 42.8 Å². The van der Waals surface area contributed by atoms with Crippen molar-refractivity contribution in [2.45, 2.75) is 126 Å². The molecule has 0 rings (SSSR count). The predicted molar refractivity (Wildman–Crippen MR) is 142 cm³/mol. The predicted octanol–water partition coefficient (Wildman–Crippen LogP) is 9.14. The summed E-state index contributed by atoms with van der Waals surface area (Å²) in [4.78, 5) is 0. The summed E-state index contributed by atoms with van der Waals surface area (Å²) in [5, 5.41) is 0. The summed E-state index contributed by atoms with van der Waals surface area (Å²) in [7, 11) is -3.11. The van der Waals surface area contributed by atoms with E-state index in [4.69, 9.17) is 0 Å². The van der Waals surface area contributed by atoms with E-state index in [1.54, 1.807) is 0 Å². The van der Waals surface area contributed by atoms with Gasteiger partial charge in [-0.05, 0) is 78.3 Å². The molecule has 0 aliphatic rings. The van der Waals surface area contributed by atoms with Gasteiger partial charge >= 0.3 is 0 Å². The Morgan fingerprint density at radius 1 is 0.414 bits per heavy atom. The average molecular weight is 442 g/mol. The van der Waals surface area contributed by atoms with Gasteiger partial charge in [0.1, 0.15) is 16.5 Å². The molecule has 3 heteroatoms. The lowest BCUT2D eigenvalue weighted by molar-refractivity contribution is 0.501. The molecule has 0 fully saturated rings. The van der Waals surface area contributed by atoms with E-state index in [9.17, 15) is 0 Å². The maximum absolute atomic E-state index is 3.36. The highest BCUT2D eigenvalue weighted by Crippen LogP contribution is 2.44. The number of hydrogen-bond acceptors (Lipinski definition) is 1. The van der Waals surface area contributed by atoms with Crippen molar-refractivity contribution in [2.75, 3.05) is 6.54 Å². The SMILES string of the molecule is CCN([Si](CC(C)C)(CC(C)C)CC(C)C)[Si](CC(C)C)(CC(C)C)CC(C)C. The maximum atomic E-state index is 3.36. The topological polar surface area (TPSA) is 3.24 Å². The van der Waals surface area contributed by atoms with Crippen molar-refractivity contribution in [3.63, 3.8) is 0 Å². The van der Waals surface area contributed by atoms with Crippen LogP contribution in [-0.2, 0) is 0 Å². The van der Waals surface area contributed by atoms with E-state index >= 15 is 0 Å². The Morgan fingerprint density at radius 3 is 0.690 bits per heavy atom. The number of nitrogens with zero attached hydrogens (tertiary/aromatic N) is 1. The van der Waals surface area contributed by atoms with Crippen LogP contribution in [0.4, 0.5) is 0 Å². The van der Waals surface area contributed by atoms with Gasteiger partial charge in [0.25, 0.3) is 0 Å². The van der Waals surface area contributed by atoms with E-state index in [2.05, 4.69) is 94.2 Å². The van der Waals surface area contributed by atoms with E-state index in [1.807, 2.05) is 0 Å². The fourth-order valence-electron chi connectivity index (χ4n) is 6.89. The Hall–Kier alpha value is 0.394. The zero-order valence-corrected chi connectivity index (χ0v) is 24.9. The molecule has 0 heterocycles. The molecule has 0 atom stereocenters. The van der Waals surface area contributed by atoms with Gasteiger partial charge in [0, 0.05) is 0 Å². The van der Waals surface area contributed by atoms with Gasteiger partial charge in [0.05, 0.1) is 0 Å². The first-order chi connectivity index (χ1) is 13.2. The van der Waals surface area contributed by atoms with Gasteiger partial charge in [-0.2, -0.15) is 0 Å². The lowest BCUT2D eigenvalue weighted by Gasteiger charge is -2.56. The molecular formula is C26H59NSi2. The zero-order valence-electron chi connectivity index (χ0n) is 22.9. The third kappa shape index (κ3) is 10.0. The molecule has 0 amide bonds. The second-order valence-electron chi connectivity index (χ2n) is 12.8. The van der Waals surface area contributed by atoms with Crippen LogP contribution in [0.2, 0.25) is 36.3 Å². The molecular weight excluding hydrogens is 382 g/mol. The van der Waals surface area contributed by atoms with E-state index in [0.717, 1.165) is 35.5 Å². The van der Waals surface area contributed by atoms with Gasteiger partial charge in [0.2, 0.25) is 0 Å². The summed E-state index contributed by atoms with van der Waals surface area (Å²) in [6.07, 6.45) is 0. The first kappa shape index (κ1) is 29.4. The standard InChI is InChI=1S/C26H59NSi2/c1-14-27(28(15-21(2)3,16-22(4)5)17-23(6)7)29(18-24(8)9,19-25(10)11)20-26(12)13/h21-26H,14-20H2,1-13H3. The largest absolute Gasteiger partial charge is 0.345 e. The minimum atomic E-state index is -1.56. The third-order valence-corrected chi connectivity index (χ3v) is 21.4. The molecule has 0 aromatic heterocycles. The van der Waals surface area contributed by atoms with E-state index in [-0.39, 0.29) is 0 Å². The van der Waals surface area contributed by atoms with Crippen molar-refractivity contribution < 1.29 is 0 Å². The van der Waals surface area contributed by atoms with Crippen LogP contribution in [0.1, 0.15) is 90.0 Å². The summed E-state index contributed by atoms with van der Waals surface area (Å²) in [6.45, 7) is 33.7. The summed E-state index contributed by atoms with van der Waals surface area (Å²) >= 11 is 0. The van der Waals surface area contributed by atoms with Crippen LogP contribution < -0.4 is 0 Å². The lowest BCUT2D eigenvalue weighted by atomic mass is 10.2. The monoisotopic (exact) mass is 441 g/mol. The molecule has 0 aromatic carbocycles. The number of hydrogen-bond donors (Lipinski definition) is 0. The summed E-state index contributed by atoms with van der Waals surface area (Å²) in [5.74, 6) is 4.90. The van der Waals surface area contributed by atoms with Crippen LogP contribution in [0.25, 0.3) is 0 Å². The van der Waals surface area contributed by atoms with E-state index in [0.29, 0.717) is 0 Å². The highest BCUT2D eigenvalue weighted by atomic mass is 28.4. The quantitative estimate of drug-likeness (QED) is 0.229. The van der Waals surface area contributed by atoms with Gasteiger partial charge in [-0.15, -0.1) is 0 Å². The second-order valence-corrected chi connectivity index (χ2v) is 21.7. The molecule has 0 aliphatic heterocycles. The minimum absolute atomic E-state index is 0.817. The van der Waals surface area contributed by atoms with Gasteiger partial charge < -0.3 is 4.23 Å². The molecule has 29 heavy (non-hydrogen) atoms. The minimum Gasteiger partial charge on any atom is -0.345 e. The van der Waals surface area contributed by atoms with Crippen molar-refractivity contribution in [2.24, 2.45) is 35.5 Å². The smallest absolute Gasteiger partial charge is 0.122 e. The molecule has 1 nitrogen and oxygen atoms in total. The maximum Gasteiger partial charge on any atom is 0.122 e. The van der Waals surface area contributed by atoms with Crippen LogP contribution in [-0.4, -0.2) is 27.2 Å². The second kappa shape index (κ2) is 13.1.